The summed E-state index contributed by atoms with van der Waals surface area (Å²) in [5, 5.41) is 1.38. The van der Waals surface area contributed by atoms with Crippen LogP contribution in [-0.4, -0.2) is 71.8 Å². The largest absolute Gasteiger partial charge is 0.339 e. The number of piperidine rings is 1. The summed E-state index contributed by atoms with van der Waals surface area (Å²) in [5.41, 5.74) is 2.28. The third kappa shape index (κ3) is 5.07. The molecule has 1 aromatic rings. The van der Waals surface area contributed by atoms with Crippen LogP contribution in [-0.2, 0) is 9.59 Å². The molecule has 0 N–H and O–H groups in total. The average molecular weight is 424 g/mol. The van der Waals surface area contributed by atoms with Gasteiger partial charge in [0.1, 0.15) is 0 Å². The van der Waals surface area contributed by atoms with Crippen LogP contribution in [0.5, 0.6) is 0 Å². The molecule has 0 spiro atoms. The molecule has 0 radical (unpaired) electrons. The summed E-state index contributed by atoms with van der Waals surface area (Å²) in [4.78, 5) is 30.2. The van der Waals surface area contributed by atoms with E-state index < -0.39 is 0 Å². The maximum Gasteiger partial charge on any atom is 0.239 e. The normalized spacial score (nSPS) is 19.5. The number of benzene rings is 1. The first-order valence-corrected chi connectivity index (χ1v) is 10.5. The number of nitrogens with zero attached hydrogens (tertiary/aromatic N) is 3. The summed E-state index contributed by atoms with van der Waals surface area (Å²) >= 11 is 12.3. The summed E-state index contributed by atoms with van der Waals surface area (Å²) in [7, 11) is 0. The van der Waals surface area contributed by atoms with Crippen LogP contribution in [0, 0.1) is 0 Å². The molecule has 1 aromatic carbocycles. The second-order valence-electron chi connectivity index (χ2n) is 7.51. The maximum absolute atomic E-state index is 12.9. The first-order valence-electron chi connectivity index (χ1n) is 9.78. The molecule has 3 rings (SSSR count). The predicted octanol–water partition coefficient (Wildman–Crippen LogP) is 3.55. The van der Waals surface area contributed by atoms with E-state index in [0.717, 1.165) is 31.5 Å². The number of carbonyl (C=O) groups is 2. The van der Waals surface area contributed by atoms with Gasteiger partial charge in [-0.2, -0.15) is 0 Å². The van der Waals surface area contributed by atoms with Crippen LogP contribution in [0.1, 0.15) is 32.3 Å². The Morgan fingerprint density at radius 3 is 2.21 bits per heavy atom. The van der Waals surface area contributed by atoms with E-state index in [1.807, 2.05) is 24.0 Å². The van der Waals surface area contributed by atoms with Crippen LogP contribution in [0.15, 0.2) is 23.8 Å². The summed E-state index contributed by atoms with van der Waals surface area (Å²) in [6, 6.07) is 5.35. The lowest BCUT2D eigenvalue weighted by atomic mass is 9.99. The van der Waals surface area contributed by atoms with Gasteiger partial charge in [0.15, 0.2) is 0 Å². The van der Waals surface area contributed by atoms with Gasteiger partial charge in [0.25, 0.3) is 0 Å². The van der Waals surface area contributed by atoms with Gasteiger partial charge in [-0.1, -0.05) is 34.9 Å². The van der Waals surface area contributed by atoms with Gasteiger partial charge < -0.3 is 9.80 Å². The first kappa shape index (κ1) is 21.2. The van der Waals surface area contributed by atoms with Crippen molar-refractivity contribution in [2.75, 3.05) is 39.3 Å². The molecule has 0 bridgehead atoms. The third-order valence-electron chi connectivity index (χ3n) is 5.70. The standard InChI is InChI=1S/C21H27Cl2N3O2/c1-15(21(28)26-11-9-25(10-12-26)16(2)27)24-7-5-17(6-8-24)13-18-14-19(22)3-4-20(18)23/h3-4,13-15H,5-12H2,1-2H3/t15-/m0/s1. The lowest BCUT2D eigenvalue weighted by molar-refractivity contribution is -0.142. The average Bonchev–Trinajstić information content (AvgIpc) is 2.70. The lowest BCUT2D eigenvalue weighted by Crippen LogP contribution is -2.55. The zero-order valence-electron chi connectivity index (χ0n) is 16.5. The summed E-state index contributed by atoms with van der Waals surface area (Å²) in [5.74, 6) is 0.240. The highest BCUT2D eigenvalue weighted by Gasteiger charge is 2.30. The minimum Gasteiger partial charge on any atom is -0.339 e. The number of halogens is 2. The number of carbonyl (C=O) groups excluding carboxylic acids is 2. The highest BCUT2D eigenvalue weighted by atomic mass is 35.5. The Hall–Kier alpha value is -1.56. The number of hydrogen-bond acceptors (Lipinski definition) is 3. The summed E-state index contributed by atoms with van der Waals surface area (Å²) in [6.45, 7) is 7.76. The van der Waals surface area contributed by atoms with Gasteiger partial charge in [0.2, 0.25) is 11.8 Å². The van der Waals surface area contributed by atoms with Crippen LogP contribution in [0.4, 0.5) is 0 Å². The Balaban J connectivity index is 1.54. The van der Waals surface area contributed by atoms with Gasteiger partial charge in [0.05, 0.1) is 6.04 Å². The number of piperazine rings is 1. The number of likely N-dealkylation sites (tertiary alicyclic amines) is 1. The van der Waals surface area contributed by atoms with E-state index >= 15 is 0 Å². The fourth-order valence-corrected chi connectivity index (χ4v) is 4.20. The van der Waals surface area contributed by atoms with Crippen LogP contribution >= 0.6 is 23.2 Å². The monoisotopic (exact) mass is 423 g/mol. The van der Waals surface area contributed by atoms with E-state index in [-0.39, 0.29) is 17.9 Å². The highest BCUT2D eigenvalue weighted by molar-refractivity contribution is 6.34. The van der Waals surface area contributed by atoms with E-state index in [2.05, 4.69) is 11.0 Å². The minimum absolute atomic E-state index is 0.0790. The first-order chi connectivity index (χ1) is 13.3. The summed E-state index contributed by atoms with van der Waals surface area (Å²) in [6.07, 6.45) is 3.95. The van der Waals surface area contributed by atoms with Gasteiger partial charge in [-0.05, 0) is 43.5 Å². The quantitative estimate of drug-likeness (QED) is 0.746. The Bertz CT molecular complexity index is 763. The van der Waals surface area contributed by atoms with E-state index in [0.29, 0.717) is 36.2 Å². The van der Waals surface area contributed by atoms with Crippen LogP contribution in [0.25, 0.3) is 6.08 Å². The molecule has 0 saturated carbocycles. The molecule has 28 heavy (non-hydrogen) atoms. The van der Waals surface area contributed by atoms with E-state index in [1.165, 1.54) is 5.57 Å². The molecule has 0 aromatic heterocycles. The van der Waals surface area contributed by atoms with Crippen LogP contribution < -0.4 is 0 Å². The zero-order valence-corrected chi connectivity index (χ0v) is 18.0. The van der Waals surface area contributed by atoms with Crippen molar-refractivity contribution in [2.24, 2.45) is 0 Å². The van der Waals surface area contributed by atoms with E-state index in [1.54, 1.807) is 17.9 Å². The Morgan fingerprint density at radius 2 is 1.61 bits per heavy atom. The van der Waals surface area contributed by atoms with Gasteiger partial charge in [-0.25, -0.2) is 0 Å². The Labute approximate surface area is 176 Å². The molecule has 152 valence electrons. The van der Waals surface area contributed by atoms with Crippen molar-refractivity contribution in [2.45, 2.75) is 32.7 Å². The summed E-state index contributed by atoms with van der Waals surface area (Å²) < 4.78 is 0. The molecule has 5 nitrogen and oxygen atoms in total. The molecule has 2 heterocycles. The fourth-order valence-electron chi connectivity index (χ4n) is 3.85. The molecule has 2 fully saturated rings. The molecule has 2 aliphatic heterocycles. The maximum atomic E-state index is 12.9. The molecular formula is C21H27Cl2N3O2. The smallest absolute Gasteiger partial charge is 0.239 e. The SMILES string of the molecule is CC(=O)N1CCN(C(=O)[C@H](C)N2CCC(=Cc3cc(Cl)ccc3Cl)CC2)CC1. The lowest BCUT2D eigenvalue weighted by Gasteiger charge is -2.39. The van der Waals surface area contributed by atoms with Crippen molar-refractivity contribution < 1.29 is 9.59 Å². The molecular weight excluding hydrogens is 397 g/mol. The van der Waals surface area contributed by atoms with Crippen molar-refractivity contribution in [1.29, 1.82) is 0 Å². The van der Waals surface area contributed by atoms with Gasteiger partial charge in [0, 0.05) is 56.2 Å². The van der Waals surface area contributed by atoms with Gasteiger partial charge in [-0.15, -0.1) is 0 Å². The van der Waals surface area contributed by atoms with E-state index in [9.17, 15) is 9.59 Å². The molecule has 2 amide bonds. The number of rotatable bonds is 3. The van der Waals surface area contributed by atoms with Crippen molar-refractivity contribution in [3.63, 3.8) is 0 Å². The van der Waals surface area contributed by atoms with Gasteiger partial charge >= 0.3 is 0 Å². The van der Waals surface area contributed by atoms with Crippen molar-refractivity contribution in [3.8, 4) is 0 Å². The highest BCUT2D eigenvalue weighted by Crippen LogP contribution is 2.27. The third-order valence-corrected chi connectivity index (χ3v) is 6.28. The molecule has 7 heteroatoms. The van der Waals surface area contributed by atoms with Crippen molar-refractivity contribution in [3.05, 3.63) is 39.4 Å². The Kier molecular flexibility index (Phi) is 7.02. The molecule has 0 aliphatic carbocycles. The van der Waals surface area contributed by atoms with Crippen LogP contribution in [0.3, 0.4) is 0 Å². The Morgan fingerprint density at radius 1 is 1.00 bits per heavy atom. The fraction of sp³-hybridized carbons (Fsp3) is 0.524. The zero-order chi connectivity index (χ0) is 20.3. The van der Waals surface area contributed by atoms with Crippen LogP contribution in [0.2, 0.25) is 10.0 Å². The second kappa shape index (κ2) is 9.29. The van der Waals surface area contributed by atoms with Crippen molar-refractivity contribution in [1.82, 2.24) is 14.7 Å². The topological polar surface area (TPSA) is 43.9 Å². The van der Waals surface area contributed by atoms with E-state index in [4.69, 9.17) is 23.2 Å². The molecule has 2 saturated heterocycles. The number of hydrogen-bond donors (Lipinski definition) is 0. The molecule has 0 unspecified atom stereocenters. The second-order valence-corrected chi connectivity index (χ2v) is 8.36. The van der Waals surface area contributed by atoms with Crippen molar-refractivity contribution >= 4 is 41.1 Å². The number of amides is 2. The minimum atomic E-state index is -0.139. The molecule has 2 aliphatic rings. The molecule has 1 atom stereocenters. The predicted molar refractivity (Wildman–Crippen MR) is 114 cm³/mol. The van der Waals surface area contributed by atoms with Gasteiger partial charge in [-0.3, -0.25) is 14.5 Å².